The van der Waals surface area contributed by atoms with Gasteiger partial charge >= 0.3 is 0 Å². The topological polar surface area (TPSA) is 50.9 Å². The van der Waals surface area contributed by atoms with E-state index in [-0.39, 0.29) is 12.5 Å². The van der Waals surface area contributed by atoms with Gasteiger partial charge in [-0.05, 0) is 18.6 Å². The lowest BCUT2D eigenvalue weighted by molar-refractivity contribution is 0.262. The number of benzene rings is 1. The first kappa shape index (κ1) is 13.1. The lowest BCUT2D eigenvalue weighted by Crippen LogP contribution is -2.13. The summed E-state index contributed by atoms with van der Waals surface area (Å²) in [6.07, 6.45) is 2.17. The standard InChI is InChI=1S/C13H16ClN3O/c1-2-17-13(15-9-16-17)7-10(8-18)11-5-3-4-6-12(11)14/h3-6,9-10,18H,2,7-8H2,1H3. The fourth-order valence-corrected chi connectivity index (χ4v) is 2.30. The highest BCUT2D eigenvalue weighted by atomic mass is 35.5. The molecule has 18 heavy (non-hydrogen) atoms. The Kier molecular flexibility index (Phi) is 4.33. The predicted molar refractivity (Wildman–Crippen MR) is 70.7 cm³/mol. The molecule has 0 fully saturated rings. The first-order valence-electron chi connectivity index (χ1n) is 5.98. The van der Waals surface area contributed by atoms with Crippen molar-refractivity contribution in [2.75, 3.05) is 6.61 Å². The van der Waals surface area contributed by atoms with E-state index in [0.717, 1.165) is 17.9 Å². The summed E-state index contributed by atoms with van der Waals surface area (Å²) in [6, 6.07) is 7.59. The number of aryl methyl sites for hydroxylation is 1. The zero-order valence-corrected chi connectivity index (χ0v) is 11.0. The number of aromatic nitrogens is 3. The van der Waals surface area contributed by atoms with Crippen LogP contribution in [0.1, 0.15) is 24.2 Å². The van der Waals surface area contributed by atoms with Crippen LogP contribution < -0.4 is 0 Å². The average molecular weight is 266 g/mol. The number of nitrogens with zero attached hydrogens (tertiary/aromatic N) is 3. The molecule has 1 heterocycles. The van der Waals surface area contributed by atoms with E-state index < -0.39 is 0 Å². The molecule has 0 aliphatic carbocycles. The molecule has 0 bridgehead atoms. The minimum atomic E-state index is -0.0480. The van der Waals surface area contributed by atoms with Gasteiger partial charge in [0.2, 0.25) is 0 Å². The van der Waals surface area contributed by atoms with Crippen molar-refractivity contribution in [2.45, 2.75) is 25.8 Å². The van der Waals surface area contributed by atoms with Crippen molar-refractivity contribution in [1.29, 1.82) is 0 Å². The number of aliphatic hydroxyl groups is 1. The van der Waals surface area contributed by atoms with Crippen LogP contribution in [0.5, 0.6) is 0 Å². The lowest BCUT2D eigenvalue weighted by atomic mass is 9.96. The molecular weight excluding hydrogens is 250 g/mol. The molecule has 0 aliphatic heterocycles. The first-order valence-corrected chi connectivity index (χ1v) is 6.36. The molecule has 4 nitrogen and oxygen atoms in total. The molecule has 96 valence electrons. The monoisotopic (exact) mass is 265 g/mol. The summed E-state index contributed by atoms with van der Waals surface area (Å²) < 4.78 is 1.83. The Balaban J connectivity index is 2.23. The molecule has 0 saturated heterocycles. The van der Waals surface area contributed by atoms with E-state index in [4.69, 9.17) is 11.6 Å². The van der Waals surface area contributed by atoms with Gasteiger partial charge in [0.25, 0.3) is 0 Å². The molecule has 2 aromatic rings. The summed E-state index contributed by atoms with van der Waals surface area (Å²) in [5.74, 6) is 0.824. The fourth-order valence-electron chi connectivity index (χ4n) is 2.01. The number of halogens is 1. The van der Waals surface area contributed by atoms with Gasteiger partial charge < -0.3 is 5.11 Å². The zero-order valence-electron chi connectivity index (χ0n) is 10.3. The zero-order chi connectivity index (χ0) is 13.0. The highest BCUT2D eigenvalue weighted by molar-refractivity contribution is 6.31. The summed E-state index contributed by atoms with van der Waals surface area (Å²) in [4.78, 5) is 4.23. The lowest BCUT2D eigenvalue weighted by Gasteiger charge is -2.15. The van der Waals surface area contributed by atoms with Crippen molar-refractivity contribution >= 4 is 11.6 Å². The molecule has 0 spiro atoms. The molecule has 1 N–H and O–H groups in total. The van der Waals surface area contributed by atoms with E-state index >= 15 is 0 Å². The van der Waals surface area contributed by atoms with Crippen molar-refractivity contribution in [2.24, 2.45) is 0 Å². The second-order valence-electron chi connectivity index (χ2n) is 4.10. The quantitative estimate of drug-likeness (QED) is 0.902. The maximum absolute atomic E-state index is 9.55. The molecule has 0 saturated carbocycles. The van der Waals surface area contributed by atoms with Crippen LogP contribution in [0.2, 0.25) is 5.02 Å². The maximum atomic E-state index is 9.55. The number of rotatable bonds is 5. The summed E-state index contributed by atoms with van der Waals surface area (Å²) in [5.41, 5.74) is 0.951. The Hall–Kier alpha value is -1.39. The maximum Gasteiger partial charge on any atom is 0.138 e. The van der Waals surface area contributed by atoms with Gasteiger partial charge in [-0.3, -0.25) is 4.68 Å². The van der Waals surface area contributed by atoms with Crippen LogP contribution in [-0.2, 0) is 13.0 Å². The highest BCUT2D eigenvalue weighted by Crippen LogP contribution is 2.26. The van der Waals surface area contributed by atoms with Crippen LogP contribution in [0, 0.1) is 0 Å². The van der Waals surface area contributed by atoms with Crippen molar-refractivity contribution in [1.82, 2.24) is 14.8 Å². The van der Waals surface area contributed by atoms with Gasteiger partial charge in [-0.15, -0.1) is 0 Å². The Morgan fingerprint density at radius 3 is 2.83 bits per heavy atom. The fraction of sp³-hybridized carbons (Fsp3) is 0.385. The van der Waals surface area contributed by atoms with E-state index in [9.17, 15) is 5.11 Å². The van der Waals surface area contributed by atoms with Gasteiger partial charge in [-0.1, -0.05) is 29.8 Å². The Bertz CT molecular complexity index is 512. The molecule has 0 aliphatic rings. The van der Waals surface area contributed by atoms with Gasteiger partial charge in [0, 0.05) is 23.9 Å². The third kappa shape index (κ3) is 2.71. The SMILES string of the molecule is CCn1ncnc1CC(CO)c1ccccc1Cl. The van der Waals surface area contributed by atoms with Crippen LogP contribution >= 0.6 is 11.6 Å². The van der Waals surface area contributed by atoms with Gasteiger partial charge in [-0.25, -0.2) is 4.98 Å². The van der Waals surface area contributed by atoms with Crippen LogP contribution in [-0.4, -0.2) is 26.5 Å². The van der Waals surface area contributed by atoms with Crippen LogP contribution in [0.4, 0.5) is 0 Å². The minimum Gasteiger partial charge on any atom is -0.396 e. The Morgan fingerprint density at radius 2 is 2.17 bits per heavy atom. The van der Waals surface area contributed by atoms with E-state index in [2.05, 4.69) is 10.1 Å². The van der Waals surface area contributed by atoms with Gasteiger partial charge in [-0.2, -0.15) is 5.10 Å². The highest BCUT2D eigenvalue weighted by Gasteiger charge is 2.17. The summed E-state index contributed by atoms with van der Waals surface area (Å²) in [7, 11) is 0. The van der Waals surface area contributed by atoms with E-state index in [1.165, 1.54) is 0 Å². The molecule has 1 aromatic carbocycles. The second kappa shape index (κ2) is 5.98. The summed E-state index contributed by atoms with van der Waals surface area (Å²) in [5, 5.41) is 14.4. The third-order valence-corrected chi connectivity index (χ3v) is 3.33. The molecular formula is C13H16ClN3O. The summed E-state index contributed by atoms with van der Waals surface area (Å²) >= 11 is 6.16. The smallest absolute Gasteiger partial charge is 0.138 e. The molecule has 5 heteroatoms. The molecule has 1 atom stereocenters. The normalized spacial score (nSPS) is 12.6. The van der Waals surface area contributed by atoms with Crippen LogP contribution in [0.3, 0.4) is 0 Å². The van der Waals surface area contributed by atoms with Crippen molar-refractivity contribution in [3.8, 4) is 0 Å². The van der Waals surface area contributed by atoms with E-state index in [0.29, 0.717) is 11.4 Å². The molecule has 0 radical (unpaired) electrons. The molecule has 0 amide bonds. The molecule has 2 rings (SSSR count). The number of hydrogen-bond donors (Lipinski definition) is 1. The second-order valence-corrected chi connectivity index (χ2v) is 4.50. The first-order chi connectivity index (χ1) is 8.76. The van der Waals surface area contributed by atoms with Crippen molar-refractivity contribution in [3.05, 3.63) is 47.0 Å². The Labute approximate surface area is 111 Å². The summed E-state index contributed by atoms with van der Waals surface area (Å²) in [6.45, 7) is 2.83. The van der Waals surface area contributed by atoms with E-state index in [1.54, 1.807) is 6.33 Å². The number of hydrogen-bond acceptors (Lipinski definition) is 3. The average Bonchev–Trinajstić information content (AvgIpc) is 2.84. The van der Waals surface area contributed by atoms with Crippen molar-refractivity contribution in [3.63, 3.8) is 0 Å². The minimum absolute atomic E-state index is 0.0420. The molecule has 1 aromatic heterocycles. The van der Waals surface area contributed by atoms with Crippen LogP contribution in [0.25, 0.3) is 0 Å². The van der Waals surface area contributed by atoms with Gasteiger partial charge in [0.05, 0.1) is 6.61 Å². The predicted octanol–water partition coefficient (Wildman–Crippen LogP) is 2.27. The van der Waals surface area contributed by atoms with Gasteiger partial charge in [0.1, 0.15) is 12.2 Å². The third-order valence-electron chi connectivity index (χ3n) is 2.99. The largest absolute Gasteiger partial charge is 0.396 e. The van der Waals surface area contributed by atoms with Gasteiger partial charge in [0.15, 0.2) is 0 Å². The van der Waals surface area contributed by atoms with E-state index in [1.807, 2.05) is 35.9 Å². The van der Waals surface area contributed by atoms with Crippen LogP contribution in [0.15, 0.2) is 30.6 Å². The Morgan fingerprint density at radius 1 is 1.39 bits per heavy atom. The number of aliphatic hydroxyl groups excluding tert-OH is 1. The molecule has 1 unspecified atom stereocenters. The van der Waals surface area contributed by atoms with Crippen molar-refractivity contribution < 1.29 is 5.11 Å².